The van der Waals surface area contributed by atoms with E-state index in [2.05, 4.69) is 97.9 Å². The second kappa shape index (κ2) is 80.0. The van der Waals surface area contributed by atoms with Crippen LogP contribution in [0.4, 0.5) is 4.79 Å². The van der Waals surface area contributed by atoms with E-state index in [9.17, 15) is 48.9 Å². The molecule has 0 aromatic heterocycles. The predicted molar refractivity (Wildman–Crippen MR) is 522 cm³/mol. The molecule has 3 amide bonds. The summed E-state index contributed by atoms with van der Waals surface area (Å²) >= 11 is 0. The number of aliphatic hydroxyl groups is 3. The van der Waals surface area contributed by atoms with E-state index in [1.807, 2.05) is 20.8 Å². The highest BCUT2D eigenvalue weighted by Crippen LogP contribution is 2.39. The van der Waals surface area contributed by atoms with Crippen LogP contribution in [-0.4, -0.2) is 196 Å². The number of amides is 3. The van der Waals surface area contributed by atoms with Crippen LogP contribution in [-0.2, 0) is 85.3 Å². The van der Waals surface area contributed by atoms with Crippen molar-refractivity contribution in [2.45, 2.75) is 534 Å². The minimum Gasteiger partial charge on any atom is -0.471 e. The largest absolute Gasteiger partial charge is 0.509 e. The zero-order valence-corrected chi connectivity index (χ0v) is 85.5. The topological polar surface area (TPSA) is 327 Å². The minimum atomic E-state index is -2.25. The molecule has 3 aliphatic heterocycles. The lowest BCUT2D eigenvalue weighted by atomic mass is 9.94. The summed E-state index contributed by atoms with van der Waals surface area (Å²) in [6, 6.07) is -2.44. The quantitative estimate of drug-likeness (QED) is 0.00823. The average molecular weight is 1860 g/mol. The number of nitrogens with one attached hydrogen (secondary N) is 3. The Labute approximate surface area is 790 Å². The molecule has 0 spiro atoms. The molecule has 0 aromatic rings. The molecule has 758 valence electrons. The van der Waals surface area contributed by atoms with Gasteiger partial charge in [0.25, 0.3) is 0 Å². The molecule has 25 nitrogen and oxygen atoms in total. The van der Waals surface area contributed by atoms with Gasteiger partial charge in [0.1, 0.15) is 84.8 Å². The Morgan fingerprint density at radius 3 is 0.954 bits per heavy atom. The van der Waals surface area contributed by atoms with Crippen molar-refractivity contribution >= 4 is 49.5 Å². The number of carbonyl (C=O) groups excluding carboxylic acids is 7. The van der Waals surface area contributed by atoms with Crippen LogP contribution < -0.4 is 16.0 Å². The summed E-state index contributed by atoms with van der Waals surface area (Å²) in [7, 11) is -2.25. The van der Waals surface area contributed by atoms with E-state index in [4.69, 9.17) is 56.5 Å². The number of allylic oxidation sites excluding steroid dienone is 3. The molecule has 130 heavy (non-hydrogen) atoms. The van der Waals surface area contributed by atoms with Crippen LogP contribution in [0.3, 0.4) is 0 Å². The van der Waals surface area contributed by atoms with E-state index in [0.29, 0.717) is 45.5 Å². The predicted octanol–water partition coefficient (Wildman–Crippen LogP) is 23.0. The van der Waals surface area contributed by atoms with Crippen molar-refractivity contribution in [3.63, 3.8) is 0 Å². The van der Waals surface area contributed by atoms with Gasteiger partial charge in [-0.3, -0.25) is 28.8 Å². The van der Waals surface area contributed by atoms with Crippen molar-refractivity contribution in [3.05, 3.63) is 49.7 Å². The third-order valence-electron chi connectivity index (χ3n) is 24.7. The first-order chi connectivity index (χ1) is 62.8. The number of hydrogen-bond donors (Lipinski definition) is 6. The molecule has 3 heterocycles. The highest BCUT2D eigenvalue weighted by Gasteiger charge is 2.53. The normalized spacial score (nSPS) is 22.3. The fraction of sp³-hybridized carbons (Fsp3) is 0.856. The van der Waals surface area contributed by atoms with E-state index in [1.165, 1.54) is 205 Å². The van der Waals surface area contributed by atoms with E-state index < -0.39 is 125 Å². The maximum absolute atomic E-state index is 13.5. The van der Waals surface area contributed by atoms with E-state index >= 15 is 0 Å². The van der Waals surface area contributed by atoms with Crippen molar-refractivity contribution in [2.75, 3.05) is 39.6 Å². The monoisotopic (exact) mass is 1860 g/mol. The van der Waals surface area contributed by atoms with Crippen LogP contribution in [0.5, 0.6) is 0 Å². The number of rotatable bonds is 77. The first-order valence-electron chi connectivity index (χ1n) is 51.9. The van der Waals surface area contributed by atoms with Crippen LogP contribution in [0.15, 0.2) is 49.7 Å². The van der Waals surface area contributed by atoms with Crippen LogP contribution in [0.2, 0.25) is 18.1 Å². The van der Waals surface area contributed by atoms with Crippen LogP contribution >= 0.6 is 0 Å². The summed E-state index contributed by atoms with van der Waals surface area (Å²) < 4.78 is 72.2. The molecule has 0 aromatic carbocycles. The maximum atomic E-state index is 13.5. The fourth-order valence-electron chi connectivity index (χ4n) is 15.9. The Hall–Kier alpha value is -5.13. The first kappa shape index (κ1) is 123. The Morgan fingerprint density at radius 2 is 0.662 bits per heavy atom. The van der Waals surface area contributed by atoms with Crippen molar-refractivity contribution < 1.29 is 105 Å². The highest BCUT2D eigenvalue weighted by atomic mass is 28.4. The summed E-state index contributed by atoms with van der Waals surface area (Å²) in [6.07, 6.45) is 52.0. The van der Waals surface area contributed by atoms with E-state index in [0.717, 1.165) is 109 Å². The van der Waals surface area contributed by atoms with Crippen molar-refractivity contribution in [2.24, 2.45) is 0 Å². The second-order valence-corrected chi connectivity index (χ2v) is 42.3. The Balaban J connectivity index is 0.000000990. The number of ketones is 3. The molecule has 0 unspecified atom stereocenters. The van der Waals surface area contributed by atoms with Crippen LogP contribution in [0.1, 0.15) is 424 Å². The van der Waals surface area contributed by atoms with Gasteiger partial charge in [0, 0.05) is 39.1 Å². The fourth-order valence-corrected chi connectivity index (χ4v) is 16.9. The lowest BCUT2D eigenvalue weighted by molar-refractivity contribution is -0.264. The van der Waals surface area contributed by atoms with Crippen LogP contribution in [0.25, 0.3) is 0 Å². The molecule has 26 heteroatoms. The van der Waals surface area contributed by atoms with E-state index in [1.54, 1.807) is 25.2 Å². The number of ether oxygens (including phenoxy) is 11. The SMILES string of the molecule is C/C=C\O[C@H]1O[C@H](CC)[C@@H](O)[C@H](OCCCCCCCCCC)[C@H]1NC(=O)CC(=O)CCCCCCCCC.C/C=C\O[C@H]1O[C@H](CO)[C@@H](O)[C@H](OCCCCCCCCCC)[C@H]1NC(=O)CC(=O)CCCCCCCCC.C=CCOC(=O)O[C@H]1[C@H](OCCCCCCCCCC)[C@@H](NC(=O)CC(=O)CCCCCCCCC)[C@@H](O/C=C\C)O[C@@H]1CO[Si](C)(C)C(C)(C)C. The molecular formula is C104H191N3O22Si. The molecule has 15 atom stereocenters. The molecule has 6 N–H and O–H groups in total. The average Bonchev–Trinajstić information content (AvgIpc) is 0.780. The van der Waals surface area contributed by atoms with Gasteiger partial charge >= 0.3 is 6.16 Å². The number of unbranched alkanes of at least 4 members (excludes halogenated alkanes) is 39. The highest BCUT2D eigenvalue weighted by molar-refractivity contribution is 6.74. The summed E-state index contributed by atoms with van der Waals surface area (Å²) in [5.74, 6) is -1.57. The third-order valence-corrected chi connectivity index (χ3v) is 29.2. The molecule has 3 rings (SSSR count). The number of Topliss-reactive ketones (excluding diaryl/α,β-unsaturated/α-hetero) is 3. The lowest BCUT2D eigenvalue weighted by Crippen LogP contribution is -2.66. The van der Waals surface area contributed by atoms with Crippen molar-refractivity contribution in [1.29, 1.82) is 0 Å². The Bertz CT molecular complexity index is 2820. The number of hydrogen-bond acceptors (Lipinski definition) is 22. The van der Waals surface area contributed by atoms with Crippen LogP contribution in [0, 0.1) is 0 Å². The van der Waals surface area contributed by atoms with Gasteiger partial charge in [-0.2, -0.15) is 0 Å². The number of carbonyl (C=O) groups is 7. The summed E-state index contributed by atoms with van der Waals surface area (Å²) in [5, 5.41) is 40.3. The second-order valence-electron chi connectivity index (χ2n) is 37.5. The van der Waals surface area contributed by atoms with Crippen molar-refractivity contribution in [3.8, 4) is 0 Å². The maximum Gasteiger partial charge on any atom is 0.509 e. The van der Waals surface area contributed by atoms with Crippen molar-refractivity contribution in [1.82, 2.24) is 16.0 Å². The third kappa shape index (κ3) is 57.7. The molecule has 0 aliphatic carbocycles. The molecule has 0 radical (unpaired) electrons. The van der Waals surface area contributed by atoms with Gasteiger partial charge in [-0.15, -0.1) is 0 Å². The van der Waals surface area contributed by atoms with E-state index in [-0.39, 0.29) is 60.8 Å². The molecule has 3 saturated heterocycles. The van der Waals surface area contributed by atoms with Gasteiger partial charge in [-0.25, -0.2) is 4.79 Å². The standard InChI is InChI=1S/C41H75NO9Si.C32H59NO6.C31H57NO7/c1-10-14-16-18-20-22-24-26-30-46-38-36(42-35(44)31-33(43)27-25-23-21-19-17-15-11-2)39(47-28-12-3)50-34(32-49-52(8,9)41(5,6)7)37(38)51-40(45)48-29-13-4;1-5-9-11-13-15-17-19-21-24-37-31-29(32(38-23-7-3)39-27(8-4)30(31)36)33-28(35)25-26(34)22-20-18-16-14-12-10-6-2;1-4-7-9-11-13-15-17-19-22-37-30-28(31(38-21-6-3)39-26(24-33)29(30)36)32-27(35)23-25(34)20-18-16-14-12-10-8-5-2/h12-13,28,34,36-39H,4,10-11,14-27,29-32H2,1-3,5-9H3,(H,42,44);7,23,27,29-32,36H,5-6,8-22,24-25H2,1-4H3,(H,33,35);6,21,26,28-31,33,36H,4-5,7-20,22-24H2,1-3H3,(H,32,35)/b28-12-;23-7-;21-6-/t34-,36-,37-,38-,39+;27-,29-,30-,31-,32+;26-,28-,29-,30-,31+/m111/s1. The zero-order valence-electron chi connectivity index (χ0n) is 84.5. The van der Waals surface area contributed by atoms with Gasteiger partial charge in [-0.1, -0.05) is 351 Å². The van der Waals surface area contributed by atoms with Gasteiger partial charge in [0.15, 0.2) is 14.4 Å². The summed E-state index contributed by atoms with van der Waals surface area (Å²) in [6.45, 7) is 35.9. The first-order valence-corrected chi connectivity index (χ1v) is 54.8. The smallest absolute Gasteiger partial charge is 0.471 e. The van der Waals surface area contributed by atoms with Gasteiger partial charge in [0.05, 0.1) is 57.4 Å². The number of aliphatic hydroxyl groups excluding tert-OH is 3. The zero-order chi connectivity index (χ0) is 96.3. The summed E-state index contributed by atoms with van der Waals surface area (Å²) in [5.41, 5.74) is 0. The summed E-state index contributed by atoms with van der Waals surface area (Å²) in [4.78, 5) is 89.9. The molecular weight excluding hydrogens is 1670 g/mol. The Kier molecular flexibility index (Phi) is 75.6. The van der Waals surface area contributed by atoms with Gasteiger partial charge in [-0.05, 0) is 83.8 Å². The van der Waals surface area contributed by atoms with Gasteiger partial charge in [0.2, 0.25) is 36.6 Å². The molecule has 0 saturated carbocycles. The molecule has 0 bridgehead atoms. The van der Waals surface area contributed by atoms with Gasteiger partial charge < -0.3 is 87.8 Å². The molecule has 3 aliphatic rings. The lowest BCUT2D eigenvalue weighted by Gasteiger charge is -2.46. The Morgan fingerprint density at radius 1 is 0.385 bits per heavy atom. The molecule has 3 fully saturated rings. The minimum absolute atomic E-state index is 0.0324.